The van der Waals surface area contributed by atoms with Gasteiger partial charge in [0.25, 0.3) is 0 Å². The molecule has 0 fully saturated rings. The molecule has 0 saturated heterocycles. The molecule has 6 heteroatoms. The molecule has 1 rings (SSSR count). The number of aryl methyl sites for hydroxylation is 1. The van der Waals surface area contributed by atoms with E-state index in [2.05, 4.69) is 10.3 Å². The number of nitrogens with zero attached hydrogens (tertiary/aromatic N) is 1. The lowest BCUT2D eigenvalue weighted by Crippen LogP contribution is -2.29. The van der Waals surface area contributed by atoms with Gasteiger partial charge in [0, 0.05) is 6.54 Å². The van der Waals surface area contributed by atoms with Crippen LogP contribution in [0.15, 0.2) is 6.07 Å². The zero-order chi connectivity index (χ0) is 13.0. The van der Waals surface area contributed by atoms with Crippen molar-refractivity contribution in [2.45, 2.75) is 20.3 Å². The van der Waals surface area contributed by atoms with Gasteiger partial charge in [-0.2, -0.15) is 0 Å². The first kappa shape index (κ1) is 14.2. The van der Waals surface area contributed by atoms with E-state index in [1.807, 2.05) is 6.92 Å². The van der Waals surface area contributed by atoms with E-state index in [0.29, 0.717) is 23.8 Å². The van der Waals surface area contributed by atoms with Crippen LogP contribution < -0.4 is 11.1 Å². The Morgan fingerprint density at radius 2 is 2.24 bits per heavy atom. The second kappa shape index (κ2) is 6.19. The van der Waals surface area contributed by atoms with Crippen LogP contribution in [0.4, 0.5) is 5.69 Å². The van der Waals surface area contributed by atoms with E-state index in [1.165, 1.54) is 0 Å². The number of amides is 1. The minimum atomic E-state index is -0.221. The summed E-state index contributed by atoms with van der Waals surface area (Å²) in [6.07, 6.45) is 0.681. The Kier molecular flexibility index (Phi) is 5.18. The number of nitrogens with two attached hydrogens (primary N) is 1. The summed E-state index contributed by atoms with van der Waals surface area (Å²) in [5, 5.41) is 3.23. The Balaban J connectivity index is 2.92. The minimum Gasteiger partial charge on any atom is -0.330 e. The van der Waals surface area contributed by atoms with Crippen LogP contribution in [0, 0.1) is 12.8 Å². The van der Waals surface area contributed by atoms with Gasteiger partial charge >= 0.3 is 0 Å². The van der Waals surface area contributed by atoms with Crippen LogP contribution in [0.5, 0.6) is 0 Å². The summed E-state index contributed by atoms with van der Waals surface area (Å²) in [4.78, 5) is 15.7. The molecule has 0 bridgehead atoms. The van der Waals surface area contributed by atoms with Gasteiger partial charge in [-0.15, -0.1) is 0 Å². The number of anilines is 1. The van der Waals surface area contributed by atoms with Crippen LogP contribution in [0.3, 0.4) is 0 Å². The van der Waals surface area contributed by atoms with Crippen LogP contribution >= 0.6 is 23.2 Å². The predicted molar refractivity (Wildman–Crippen MR) is 70.5 cm³/mol. The van der Waals surface area contributed by atoms with Gasteiger partial charge < -0.3 is 11.1 Å². The molecule has 1 amide bonds. The van der Waals surface area contributed by atoms with Gasteiger partial charge in [0.05, 0.1) is 11.6 Å². The molecule has 0 aliphatic carbocycles. The van der Waals surface area contributed by atoms with Crippen LogP contribution in [0.1, 0.15) is 18.9 Å². The Bertz CT molecular complexity index is 396. The van der Waals surface area contributed by atoms with Crippen LogP contribution in [-0.2, 0) is 4.79 Å². The molecule has 4 nitrogen and oxygen atoms in total. The molecule has 1 heterocycles. The highest BCUT2D eigenvalue weighted by atomic mass is 35.5. The Labute approximate surface area is 110 Å². The molecule has 3 N–H and O–H groups in total. The van der Waals surface area contributed by atoms with Crippen molar-refractivity contribution in [3.05, 3.63) is 21.9 Å². The van der Waals surface area contributed by atoms with E-state index in [0.717, 1.165) is 5.56 Å². The number of halogens is 2. The lowest BCUT2D eigenvalue weighted by molar-refractivity contribution is -0.119. The first-order chi connectivity index (χ1) is 7.99. The number of hydrogen-bond donors (Lipinski definition) is 2. The van der Waals surface area contributed by atoms with Crippen molar-refractivity contribution in [1.82, 2.24) is 4.98 Å². The first-order valence-corrected chi connectivity index (χ1v) is 6.08. The molecular formula is C11H15Cl2N3O. The van der Waals surface area contributed by atoms with Crippen molar-refractivity contribution in [1.29, 1.82) is 0 Å². The number of carbonyl (C=O) groups is 1. The third kappa shape index (κ3) is 3.56. The fourth-order valence-electron chi connectivity index (χ4n) is 1.43. The van der Waals surface area contributed by atoms with E-state index < -0.39 is 0 Å². The molecule has 1 aromatic rings. The van der Waals surface area contributed by atoms with Gasteiger partial charge in [-0.1, -0.05) is 30.1 Å². The van der Waals surface area contributed by atoms with Gasteiger partial charge in [-0.05, 0) is 25.0 Å². The van der Waals surface area contributed by atoms with Crippen molar-refractivity contribution in [3.63, 3.8) is 0 Å². The van der Waals surface area contributed by atoms with Crippen LogP contribution in [-0.4, -0.2) is 17.4 Å². The Morgan fingerprint density at radius 3 is 2.71 bits per heavy atom. The van der Waals surface area contributed by atoms with E-state index in [4.69, 9.17) is 28.9 Å². The molecule has 0 aliphatic rings. The number of carbonyl (C=O) groups excluding carboxylic acids is 1. The second-order valence-corrected chi connectivity index (χ2v) is 4.50. The summed E-state index contributed by atoms with van der Waals surface area (Å²) < 4.78 is 0. The van der Waals surface area contributed by atoms with Gasteiger partial charge in [0.2, 0.25) is 5.91 Å². The molecule has 1 aromatic heterocycles. The number of nitrogens with one attached hydrogen (secondary N) is 1. The summed E-state index contributed by atoms with van der Waals surface area (Å²) in [5.74, 6) is -0.370. The molecule has 0 spiro atoms. The zero-order valence-electron chi connectivity index (χ0n) is 9.76. The van der Waals surface area contributed by atoms with Crippen molar-refractivity contribution in [2.75, 3.05) is 11.9 Å². The lowest BCUT2D eigenvalue weighted by Gasteiger charge is -2.15. The highest BCUT2D eigenvalue weighted by Gasteiger charge is 2.17. The van der Waals surface area contributed by atoms with E-state index in [9.17, 15) is 4.79 Å². The number of hydrogen-bond acceptors (Lipinski definition) is 3. The van der Waals surface area contributed by atoms with Crippen molar-refractivity contribution in [2.24, 2.45) is 11.7 Å². The molecule has 94 valence electrons. The van der Waals surface area contributed by atoms with Gasteiger partial charge in [0.15, 0.2) is 5.15 Å². The average Bonchev–Trinajstić information content (AvgIpc) is 2.25. The third-order valence-electron chi connectivity index (χ3n) is 2.54. The maximum Gasteiger partial charge on any atom is 0.228 e. The van der Waals surface area contributed by atoms with Crippen molar-refractivity contribution in [3.8, 4) is 0 Å². The SMILES string of the molecule is CCC(CN)C(=O)Nc1c(C)cc(Cl)nc1Cl. The summed E-state index contributed by atoms with van der Waals surface area (Å²) in [6.45, 7) is 4.02. The first-order valence-electron chi connectivity index (χ1n) is 5.33. The zero-order valence-corrected chi connectivity index (χ0v) is 11.3. The number of aromatic nitrogens is 1. The lowest BCUT2D eigenvalue weighted by atomic mass is 10.1. The predicted octanol–water partition coefficient (Wildman–Crippen LogP) is 2.62. The standard InChI is InChI=1S/C11H15Cl2N3O/c1-3-7(5-14)11(17)16-9-6(2)4-8(12)15-10(9)13/h4,7H,3,5,14H2,1-2H3,(H,16,17). The smallest absolute Gasteiger partial charge is 0.228 e. The topological polar surface area (TPSA) is 68.0 Å². The maximum absolute atomic E-state index is 11.9. The van der Waals surface area contributed by atoms with E-state index in [-0.39, 0.29) is 17.0 Å². The highest BCUT2D eigenvalue weighted by molar-refractivity contribution is 6.34. The molecule has 17 heavy (non-hydrogen) atoms. The molecule has 1 atom stereocenters. The fraction of sp³-hybridized carbons (Fsp3) is 0.455. The maximum atomic E-state index is 11.9. The quantitative estimate of drug-likeness (QED) is 0.830. The molecule has 0 saturated carbocycles. The molecule has 0 aromatic carbocycles. The molecule has 0 aliphatic heterocycles. The minimum absolute atomic E-state index is 0.149. The summed E-state index contributed by atoms with van der Waals surface area (Å²) in [6, 6.07) is 1.65. The Morgan fingerprint density at radius 1 is 1.59 bits per heavy atom. The average molecular weight is 276 g/mol. The van der Waals surface area contributed by atoms with Crippen LogP contribution in [0.25, 0.3) is 0 Å². The highest BCUT2D eigenvalue weighted by Crippen LogP contribution is 2.26. The Hall–Kier alpha value is -0.840. The van der Waals surface area contributed by atoms with Gasteiger partial charge in [-0.25, -0.2) is 4.98 Å². The summed E-state index contributed by atoms with van der Waals surface area (Å²) >= 11 is 11.7. The summed E-state index contributed by atoms with van der Waals surface area (Å²) in [7, 11) is 0. The molecule has 1 unspecified atom stereocenters. The number of pyridine rings is 1. The number of rotatable bonds is 4. The fourth-order valence-corrected chi connectivity index (χ4v) is 2.01. The normalized spacial score (nSPS) is 12.3. The molecular weight excluding hydrogens is 261 g/mol. The van der Waals surface area contributed by atoms with Gasteiger partial charge in [0.1, 0.15) is 5.15 Å². The van der Waals surface area contributed by atoms with E-state index >= 15 is 0 Å². The van der Waals surface area contributed by atoms with Crippen molar-refractivity contribution >= 4 is 34.8 Å². The van der Waals surface area contributed by atoms with Crippen molar-refractivity contribution < 1.29 is 4.79 Å². The summed E-state index contributed by atoms with van der Waals surface area (Å²) in [5.41, 5.74) is 6.77. The van der Waals surface area contributed by atoms with Gasteiger partial charge in [-0.3, -0.25) is 4.79 Å². The second-order valence-electron chi connectivity index (χ2n) is 3.76. The van der Waals surface area contributed by atoms with E-state index in [1.54, 1.807) is 13.0 Å². The molecule has 0 radical (unpaired) electrons. The third-order valence-corrected chi connectivity index (χ3v) is 3.00. The largest absolute Gasteiger partial charge is 0.330 e. The van der Waals surface area contributed by atoms with Crippen LogP contribution in [0.2, 0.25) is 10.3 Å². The monoisotopic (exact) mass is 275 g/mol.